The summed E-state index contributed by atoms with van der Waals surface area (Å²) in [6.45, 7) is 2.83. The quantitative estimate of drug-likeness (QED) is 0.904. The van der Waals surface area contributed by atoms with Gasteiger partial charge in [0.05, 0.1) is 13.2 Å². The van der Waals surface area contributed by atoms with Crippen LogP contribution in [0.4, 0.5) is 0 Å². The summed E-state index contributed by atoms with van der Waals surface area (Å²) in [6.07, 6.45) is 3.37. The number of hydrogen-bond acceptors (Lipinski definition) is 6. The summed E-state index contributed by atoms with van der Waals surface area (Å²) in [5.74, 6) is 1.22. The smallest absolute Gasteiger partial charge is 0.249 e. The molecule has 0 saturated carbocycles. The zero-order valence-electron chi connectivity index (χ0n) is 14.8. The van der Waals surface area contributed by atoms with Crippen LogP contribution in [0, 0.1) is 0 Å². The van der Waals surface area contributed by atoms with Gasteiger partial charge in [-0.05, 0) is 19.3 Å². The Labute approximate surface area is 152 Å². The second-order valence-corrected chi connectivity index (χ2v) is 6.85. The maximum atomic E-state index is 12.9. The molecule has 7 nitrogen and oxygen atoms in total. The fourth-order valence-electron chi connectivity index (χ4n) is 3.64. The van der Waals surface area contributed by atoms with E-state index in [1.165, 1.54) is 0 Å². The molecule has 0 spiro atoms. The SMILES string of the molecule is O=C(CC1COCCN1)N1CCCCC1c1nc(-c2ccccc2)no1. The number of rotatable bonds is 4. The highest BCUT2D eigenvalue weighted by Crippen LogP contribution is 2.31. The van der Waals surface area contributed by atoms with E-state index in [4.69, 9.17) is 9.26 Å². The fraction of sp³-hybridized carbons (Fsp3) is 0.526. The van der Waals surface area contributed by atoms with Gasteiger partial charge in [0.15, 0.2) is 0 Å². The summed E-state index contributed by atoms with van der Waals surface area (Å²) in [5.41, 5.74) is 0.916. The van der Waals surface area contributed by atoms with E-state index in [0.29, 0.717) is 31.3 Å². The van der Waals surface area contributed by atoms with Gasteiger partial charge >= 0.3 is 0 Å². The Hall–Kier alpha value is -2.25. The molecule has 2 saturated heterocycles. The highest BCUT2D eigenvalue weighted by molar-refractivity contribution is 5.77. The third kappa shape index (κ3) is 3.78. The van der Waals surface area contributed by atoms with E-state index in [9.17, 15) is 4.79 Å². The van der Waals surface area contributed by atoms with E-state index in [2.05, 4.69) is 15.5 Å². The third-order valence-electron chi connectivity index (χ3n) is 5.00. The molecule has 138 valence electrons. The predicted octanol–water partition coefficient (Wildman–Crippen LogP) is 2.17. The molecule has 2 aliphatic rings. The van der Waals surface area contributed by atoms with Crippen molar-refractivity contribution < 1.29 is 14.1 Å². The number of aromatic nitrogens is 2. The number of carbonyl (C=O) groups excluding carboxylic acids is 1. The second-order valence-electron chi connectivity index (χ2n) is 6.85. The molecule has 2 fully saturated rings. The minimum atomic E-state index is -0.134. The number of morpholine rings is 1. The number of ether oxygens (including phenoxy) is 1. The molecule has 1 aromatic carbocycles. The number of nitrogens with zero attached hydrogens (tertiary/aromatic N) is 3. The van der Waals surface area contributed by atoms with Crippen molar-refractivity contribution in [2.24, 2.45) is 0 Å². The Morgan fingerprint density at radius 3 is 2.96 bits per heavy atom. The van der Waals surface area contributed by atoms with Crippen molar-refractivity contribution in [1.29, 1.82) is 0 Å². The van der Waals surface area contributed by atoms with E-state index < -0.39 is 0 Å². The van der Waals surface area contributed by atoms with Crippen LogP contribution in [0.25, 0.3) is 11.4 Å². The first-order valence-corrected chi connectivity index (χ1v) is 9.31. The lowest BCUT2D eigenvalue weighted by Gasteiger charge is -2.35. The number of amides is 1. The van der Waals surface area contributed by atoms with Gasteiger partial charge in [-0.2, -0.15) is 4.98 Å². The first kappa shape index (κ1) is 17.2. The standard InChI is InChI=1S/C19H24N4O3/c24-17(12-15-13-25-11-9-20-15)23-10-5-4-8-16(23)19-21-18(22-26-19)14-6-2-1-3-7-14/h1-3,6-7,15-16,20H,4-5,8-13H2. The molecule has 2 atom stereocenters. The summed E-state index contributed by atoms with van der Waals surface area (Å²) in [4.78, 5) is 19.3. The van der Waals surface area contributed by atoms with E-state index in [1.807, 2.05) is 35.2 Å². The molecular formula is C19H24N4O3. The third-order valence-corrected chi connectivity index (χ3v) is 5.00. The lowest BCUT2D eigenvalue weighted by molar-refractivity contribution is -0.137. The average molecular weight is 356 g/mol. The maximum Gasteiger partial charge on any atom is 0.249 e. The molecule has 1 amide bonds. The number of carbonyl (C=O) groups is 1. The maximum absolute atomic E-state index is 12.9. The van der Waals surface area contributed by atoms with Gasteiger partial charge in [0.2, 0.25) is 17.6 Å². The van der Waals surface area contributed by atoms with E-state index >= 15 is 0 Å². The second kappa shape index (κ2) is 7.97. The first-order chi connectivity index (χ1) is 12.8. The molecule has 2 unspecified atom stereocenters. The summed E-state index contributed by atoms with van der Waals surface area (Å²) < 4.78 is 11.0. The van der Waals surface area contributed by atoms with Crippen LogP contribution in [0.15, 0.2) is 34.9 Å². The van der Waals surface area contributed by atoms with Crippen LogP contribution >= 0.6 is 0 Å². The largest absolute Gasteiger partial charge is 0.378 e. The Kier molecular flexibility index (Phi) is 5.26. The van der Waals surface area contributed by atoms with Gasteiger partial charge in [-0.15, -0.1) is 0 Å². The van der Waals surface area contributed by atoms with E-state index in [1.54, 1.807) is 0 Å². The van der Waals surface area contributed by atoms with Gasteiger partial charge in [0.1, 0.15) is 6.04 Å². The van der Waals surface area contributed by atoms with Crippen molar-refractivity contribution in [3.05, 3.63) is 36.2 Å². The molecule has 4 rings (SSSR count). The highest BCUT2D eigenvalue weighted by atomic mass is 16.5. The van der Waals surface area contributed by atoms with Crippen LogP contribution in [0.2, 0.25) is 0 Å². The van der Waals surface area contributed by atoms with Crippen molar-refractivity contribution in [2.75, 3.05) is 26.3 Å². The molecule has 2 aromatic rings. The number of nitrogens with one attached hydrogen (secondary N) is 1. The minimum absolute atomic E-state index is 0.0846. The van der Waals surface area contributed by atoms with Crippen LogP contribution in [0.3, 0.4) is 0 Å². The lowest BCUT2D eigenvalue weighted by atomic mass is 10.0. The molecule has 26 heavy (non-hydrogen) atoms. The van der Waals surface area contributed by atoms with Gasteiger partial charge in [-0.3, -0.25) is 4.79 Å². The molecule has 7 heteroatoms. The van der Waals surface area contributed by atoms with Crippen molar-refractivity contribution in [1.82, 2.24) is 20.4 Å². The summed E-state index contributed by atoms with van der Waals surface area (Å²) in [6, 6.07) is 9.70. The van der Waals surface area contributed by atoms with Gasteiger partial charge in [-0.1, -0.05) is 35.5 Å². The number of likely N-dealkylation sites (tertiary alicyclic amines) is 1. The molecular weight excluding hydrogens is 332 g/mol. The van der Waals surface area contributed by atoms with E-state index in [0.717, 1.165) is 37.9 Å². The normalized spacial score (nSPS) is 23.8. The zero-order valence-corrected chi connectivity index (χ0v) is 14.8. The average Bonchev–Trinajstić information content (AvgIpc) is 3.19. The van der Waals surface area contributed by atoms with Crippen LogP contribution in [0.5, 0.6) is 0 Å². The van der Waals surface area contributed by atoms with Crippen LogP contribution < -0.4 is 5.32 Å². The molecule has 1 N–H and O–H groups in total. The summed E-state index contributed by atoms with van der Waals surface area (Å²) in [7, 11) is 0. The van der Waals surface area contributed by atoms with Crippen LogP contribution in [-0.4, -0.2) is 53.3 Å². The molecule has 1 aromatic heterocycles. The van der Waals surface area contributed by atoms with Crippen LogP contribution in [-0.2, 0) is 9.53 Å². The number of hydrogen-bond donors (Lipinski definition) is 1. The summed E-state index contributed by atoms with van der Waals surface area (Å²) in [5, 5.41) is 7.46. The van der Waals surface area contributed by atoms with Gasteiger partial charge in [0, 0.05) is 31.1 Å². The molecule has 0 aliphatic carbocycles. The Balaban J connectivity index is 1.48. The van der Waals surface area contributed by atoms with Crippen molar-refractivity contribution in [3.8, 4) is 11.4 Å². The highest BCUT2D eigenvalue weighted by Gasteiger charge is 2.33. The Bertz CT molecular complexity index is 727. The molecule has 3 heterocycles. The van der Waals surface area contributed by atoms with Gasteiger partial charge in [0.25, 0.3) is 0 Å². The monoisotopic (exact) mass is 356 g/mol. The van der Waals surface area contributed by atoms with Gasteiger partial charge in [-0.25, -0.2) is 0 Å². The number of benzene rings is 1. The molecule has 0 radical (unpaired) electrons. The predicted molar refractivity (Wildman–Crippen MR) is 95.3 cm³/mol. The first-order valence-electron chi connectivity index (χ1n) is 9.31. The van der Waals surface area contributed by atoms with Gasteiger partial charge < -0.3 is 19.5 Å². The zero-order chi connectivity index (χ0) is 17.8. The van der Waals surface area contributed by atoms with Crippen molar-refractivity contribution in [2.45, 2.75) is 37.8 Å². The lowest BCUT2D eigenvalue weighted by Crippen LogP contribution is -2.46. The Morgan fingerprint density at radius 1 is 1.27 bits per heavy atom. The van der Waals surface area contributed by atoms with Crippen molar-refractivity contribution >= 4 is 5.91 Å². The fourth-order valence-corrected chi connectivity index (χ4v) is 3.64. The van der Waals surface area contributed by atoms with Crippen LogP contribution in [0.1, 0.15) is 37.6 Å². The topological polar surface area (TPSA) is 80.5 Å². The van der Waals surface area contributed by atoms with Crippen molar-refractivity contribution in [3.63, 3.8) is 0 Å². The molecule has 2 aliphatic heterocycles. The number of piperidine rings is 1. The molecule has 0 bridgehead atoms. The minimum Gasteiger partial charge on any atom is -0.378 e. The van der Waals surface area contributed by atoms with E-state index in [-0.39, 0.29) is 18.0 Å². The summed E-state index contributed by atoms with van der Waals surface area (Å²) >= 11 is 0. The Morgan fingerprint density at radius 2 is 2.15 bits per heavy atom.